The van der Waals surface area contributed by atoms with Crippen LogP contribution < -0.4 is 5.32 Å². The molecule has 1 amide bonds. The third-order valence-electron chi connectivity index (χ3n) is 2.37. The van der Waals surface area contributed by atoms with E-state index in [9.17, 15) is 31.1 Å². The number of alkyl halides is 6. The largest absolute Gasteiger partial charge is 0.434 e. The van der Waals surface area contributed by atoms with Gasteiger partial charge in [-0.25, -0.2) is 9.97 Å². The summed E-state index contributed by atoms with van der Waals surface area (Å²) in [6, 6.07) is 1.50. The van der Waals surface area contributed by atoms with Crippen LogP contribution in [0, 0.1) is 0 Å². The minimum Gasteiger partial charge on any atom is -0.306 e. The average Bonchev–Trinajstić information content (AvgIpc) is 2.87. The Balaban J connectivity index is 2.18. The van der Waals surface area contributed by atoms with Crippen LogP contribution in [0.25, 0.3) is 0 Å². The van der Waals surface area contributed by atoms with Gasteiger partial charge in [0.2, 0.25) is 0 Å². The van der Waals surface area contributed by atoms with Gasteiger partial charge in [-0.15, -0.1) is 11.3 Å². The van der Waals surface area contributed by atoms with E-state index in [0.717, 1.165) is 11.6 Å². The summed E-state index contributed by atoms with van der Waals surface area (Å²) in [4.78, 5) is 17.4. The molecule has 2 aromatic rings. The second kappa shape index (κ2) is 5.55. The fraction of sp³-hybridized carbons (Fsp3) is 0.182. The van der Waals surface area contributed by atoms with Gasteiger partial charge in [0.25, 0.3) is 5.91 Å². The van der Waals surface area contributed by atoms with Gasteiger partial charge < -0.3 is 5.32 Å². The Kier molecular flexibility index (Phi) is 4.09. The molecular weight excluding hydrogens is 336 g/mol. The minimum atomic E-state index is -4.81. The van der Waals surface area contributed by atoms with Gasteiger partial charge in [0.1, 0.15) is 10.7 Å². The topological polar surface area (TPSA) is 54.9 Å². The van der Waals surface area contributed by atoms with Crippen molar-refractivity contribution in [2.75, 3.05) is 5.32 Å². The van der Waals surface area contributed by atoms with Gasteiger partial charge in [-0.2, -0.15) is 26.3 Å². The summed E-state index contributed by atoms with van der Waals surface area (Å²) < 4.78 is 74.8. The highest BCUT2D eigenvalue weighted by Gasteiger charge is 2.38. The quantitative estimate of drug-likeness (QED) is 0.845. The number of amides is 1. The fourth-order valence-corrected chi connectivity index (χ4v) is 2.12. The van der Waals surface area contributed by atoms with Crippen molar-refractivity contribution in [2.24, 2.45) is 0 Å². The van der Waals surface area contributed by atoms with Gasteiger partial charge in [-0.3, -0.25) is 4.79 Å². The number of hydrogen-bond acceptors (Lipinski definition) is 4. The number of thiazole rings is 1. The highest BCUT2D eigenvalue weighted by Crippen LogP contribution is 2.33. The van der Waals surface area contributed by atoms with Gasteiger partial charge in [0.15, 0.2) is 5.69 Å². The molecule has 0 fully saturated rings. The highest BCUT2D eigenvalue weighted by atomic mass is 32.1. The molecule has 0 aliphatic carbocycles. The molecule has 11 heteroatoms. The van der Waals surface area contributed by atoms with E-state index in [4.69, 9.17) is 0 Å². The minimum absolute atomic E-state index is 0.306. The lowest BCUT2D eigenvalue weighted by Gasteiger charge is -2.08. The summed E-state index contributed by atoms with van der Waals surface area (Å²) in [5.41, 5.74) is -1.56. The first-order chi connectivity index (χ1) is 10.1. The van der Waals surface area contributed by atoms with E-state index in [1.807, 2.05) is 5.32 Å². The number of halogens is 6. The SMILES string of the molecule is O=C(Nc1ccc(C(F)(F)F)cn1)c1scnc1C(F)(F)F. The Morgan fingerprint density at radius 3 is 2.23 bits per heavy atom. The Hall–Kier alpha value is -2.17. The molecular formula is C11H5F6N3OS. The summed E-state index contributed by atoms with van der Waals surface area (Å²) in [6.45, 7) is 0. The number of hydrogen-bond donors (Lipinski definition) is 1. The monoisotopic (exact) mass is 341 g/mol. The fourth-order valence-electron chi connectivity index (χ4n) is 1.42. The van der Waals surface area contributed by atoms with Gasteiger partial charge in [-0.05, 0) is 12.1 Å². The number of nitrogens with one attached hydrogen (secondary N) is 1. The van der Waals surface area contributed by atoms with Crippen molar-refractivity contribution < 1.29 is 31.1 Å². The van der Waals surface area contributed by atoms with Crippen molar-refractivity contribution >= 4 is 23.1 Å². The molecule has 2 aromatic heterocycles. The summed E-state index contributed by atoms with van der Waals surface area (Å²) in [7, 11) is 0. The molecule has 4 nitrogen and oxygen atoms in total. The average molecular weight is 341 g/mol. The Morgan fingerprint density at radius 2 is 1.73 bits per heavy atom. The van der Waals surface area contributed by atoms with Crippen LogP contribution in [0.15, 0.2) is 23.8 Å². The van der Waals surface area contributed by atoms with Gasteiger partial charge >= 0.3 is 12.4 Å². The molecule has 0 radical (unpaired) electrons. The van der Waals surface area contributed by atoms with Crippen molar-refractivity contribution in [3.8, 4) is 0 Å². The van der Waals surface area contributed by atoms with Crippen LogP contribution >= 0.6 is 11.3 Å². The maximum atomic E-state index is 12.6. The molecule has 118 valence electrons. The molecule has 0 unspecified atom stereocenters. The van der Waals surface area contributed by atoms with Crippen molar-refractivity contribution in [2.45, 2.75) is 12.4 Å². The van der Waals surface area contributed by atoms with Crippen molar-refractivity contribution in [3.05, 3.63) is 40.0 Å². The number of carbonyl (C=O) groups excluding carboxylic acids is 1. The second-order valence-corrected chi connectivity index (χ2v) is 4.77. The zero-order chi connectivity index (χ0) is 16.5. The first kappa shape index (κ1) is 16.2. The van der Waals surface area contributed by atoms with Gasteiger partial charge in [-0.1, -0.05) is 0 Å². The highest BCUT2D eigenvalue weighted by molar-refractivity contribution is 7.12. The lowest BCUT2D eigenvalue weighted by atomic mass is 10.2. The van der Waals surface area contributed by atoms with E-state index in [0.29, 0.717) is 23.6 Å². The van der Waals surface area contributed by atoms with Gasteiger partial charge in [0, 0.05) is 6.20 Å². The van der Waals surface area contributed by atoms with Crippen LogP contribution in [0.2, 0.25) is 0 Å². The molecule has 2 heterocycles. The van der Waals surface area contributed by atoms with E-state index in [-0.39, 0.29) is 5.82 Å². The van der Waals surface area contributed by atoms with Crippen LogP contribution in [-0.4, -0.2) is 15.9 Å². The molecule has 2 rings (SSSR count). The maximum Gasteiger partial charge on any atom is 0.434 e. The maximum absolute atomic E-state index is 12.6. The van der Waals surface area contributed by atoms with Crippen molar-refractivity contribution in [1.82, 2.24) is 9.97 Å². The summed E-state index contributed by atoms with van der Waals surface area (Å²) >= 11 is 0.460. The van der Waals surface area contributed by atoms with Crippen LogP contribution in [0.3, 0.4) is 0 Å². The van der Waals surface area contributed by atoms with Crippen LogP contribution in [-0.2, 0) is 12.4 Å². The molecule has 0 bridgehead atoms. The molecule has 0 aliphatic heterocycles. The standard InChI is InChI=1S/C11H5F6N3OS/c12-10(13,14)5-1-2-6(18-3-5)20-9(21)7-8(11(15,16)17)19-4-22-7/h1-4H,(H,18,20,21). The smallest absolute Gasteiger partial charge is 0.306 e. The van der Waals surface area contributed by atoms with E-state index in [1.165, 1.54) is 0 Å². The first-order valence-electron chi connectivity index (χ1n) is 5.44. The molecule has 0 aromatic carbocycles. The predicted octanol–water partition coefficient (Wildman–Crippen LogP) is 3.83. The number of anilines is 1. The molecule has 0 spiro atoms. The van der Waals surface area contributed by atoms with Gasteiger partial charge in [0.05, 0.1) is 11.1 Å². The summed E-state index contributed by atoms with van der Waals surface area (Å²) in [6.07, 6.45) is -8.94. The summed E-state index contributed by atoms with van der Waals surface area (Å²) in [5.74, 6) is -1.46. The van der Waals surface area contributed by atoms with E-state index >= 15 is 0 Å². The van der Waals surface area contributed by atoms with E-state index < -0.39 is 34.4 Å². The Bertz CT molecular complexity index is 676. The molecule has 22 heavy (non-hydrogen) atoms. The number of rotatable bonds is 2. The van der Waals surface area contributed by atoms with Crippen LogP contribution in [0.4, 0.5) is 32.2 Å². The molecule has 1 N–H and O–H groups in total. The number of aromatic nitrogens is 2. The van der Waals surface area contributed by atoms with Crippen molar-refractivity contribution in [3.63, 3.8) is 0 Å². The zero-order valence-corrected chi connectivity index (χ0v) is 11.1. The normalized spacial score (nSPS) is 12.3. The summed E-state index contributed by atoms with van der Waals surface area (Å²) in [5, 5.41) is 1.99. The lowest BCUT2D eigenvalue weighted by molar-refractivity contribution is -0.141. The third kappa shape index (κ3) is 3.53. The predicted molar refractivity (Wildman–Crippen MR) is 64.3 cm³/mol. The molecule has 0 saturated carbocycles. The first-order valence-corrected chi connectivity index (χ1v) is 6.32. The van der Waals surface area contributed by atoms with Crippen LogP contribution in [0.5, 0.6) is 0 Å². The number of carbonyl (C=O) groups is 1. The Labute approximate surface area is 122 Å². The second-order valence-electron chi connectivity index (χ2n) is 3.91. The van der Waals surface area contributed by atoms with Crippen molar-refractivity contribution in [1.29, 1.82) is 0 Å². The van der Waals surface area contributed by atoms with Crippen LogP contribution in [0.1, 0.15) is 20.9 Å². The zero-order valence-electron chi connectivity index (χ0n) is 10.3. The lowest BCUT2D eigenvalue weighted by Crippen LogP contribution is -2.18. The Morgan fingerprint density at radius 1 is 1.05 bits per heavy atom. The van der Waals surface area contributed by atoms with E-state index in [2.05, 4.69) is 9.97 Å². The number of pyridine rings is 1. The number of nitrogens with zero attached hydrogens (tertiary/aromatic N) is 2. The third-order valence-corrected chi connectivity index (χ3v) is 3.20. The van der Waals surface area contributed by atoms with E-state index in [1.54, 1.807) is 0 Å². The molecule has 0 atom stereocenters. The molecule has 0 saturated heterocycles. The molecule has 0 aliphatic rings.